The van der Waals surface area contributed by atoms with E-state index in [1.165, 1.54) is 6.07 Å². The van der Waals surface area contributed by atoms with Crippen molar-refractivity contribution in [2.24, 2.45) is 10.4 Å². The van der Waals surface area contributed by atoms with Crippen LogP contribution in [0.5, 0.6) is 0 Å². The van der Waals surface area contributed by atoms with Gasteiger partial charge in [-0.15, -0.1) is 0 Å². The Labute approximate surface area is 168 Å². The molecule has 0 aliphatic carbocycles. The van der Waals surface area contributed by atoms with Crippen LogP contribution < -0.4 is 20.9 Å². The molecule has 1 unspecified atom stereocenters. The summed E-state index contributed by atoms with van der Waals surface area (Å²) < 4.78 is 13.4. The van der Waals surface area contributed by atoms with Gasteiger partial charge in [-0.2, -0.15) is 0 Å². The Kier molecular flexibility index (Phi) is 7.66. The molecule has 1 aliphatic rings. The Bertz CT molecular complexity index is 704. The number of aliphatic imine (C=N–C) groups is 1. The van der Waals surface area contributed by atoms with Crippen molar-refractivity contribution in [2.75, 3.05) is 38.1 Å². The first-order valence-corrected chi connectivity index (χ1v) is 10.0. The number of guanidine groups is 1. The van der Waals surface area contributed by atoms with Gasteiger partial charge in [-0.3, -0.25) is 9.79 Å². The van der Waals surface area contributed by atoms with Gasteiger partial charge in [0, 0.05) is 45.0 Å². The lowest BCUT2D eigenvalue weighted by Gasteiger charge is -2.36. The van der Waals surface area contributed by atoms with Crippen molar-refractivity contribution >= 4 is 17.6 Å². The summed E-state index contributed by atoms with van der Waals surface area (Å²) in [7, 11) is 1.74. The van der Waals surface area contributed by atoms with E-state index in [0.717, 1.165) is 37.2 Å². The first-order valence-electron chi connectivity index (χ1n) is 10.0. The van der Waals surface area contributed by atoms with Gasteiger partial charge in [0.2, 0.25) is 5.91 Å². The van der Waals surface area contributed by atoms with Gasteiger partial charge in [-0.25, -0.2) is 4.39 Å². The van der Waals surface area contributed by atoms with E-state index in [1.807, 2.05) is 33.8 Å². The number of nitrogens with zero attached hydrogens (tertiary/aromatic N) is 2. The number of halogens is 1. The number of anilines is 1. The highest BCUT2D eigenvalue weighted by Gasteiger charge is 2.28. The first-order chi connectivity index (χ1) is 13.3. The number of benzene rings is 1. The highest BCUT2D eigenvalue weighted by molar-refractivity contribution is 5.84. The van der Waals surface area contributed by atoms with Crippen molar-refractivity contribution in [3.63, 3.8) is 0 Å². The van der Waals surface area contributed by atoms with Crippen molar-refractivity contribution in [3.8, 4) is 0 Å². The molecule has 3 N–H and O–H groups in total. The van der Waals surface area contributed by atoms with E-state index in [2.05, 4.69) is 25.8 Å². The van der Waals surface area contributed by atoms with Gasteiger partial charge in [-0.1, -0.05) is 0 Å². The van der Waals surface area contributed by atoms with E-state index in [4.69, 9.17) is 0 Å². The number of piperidine rings is 1. The van der Waals surface area contributed by atoms with Crippen LogP contribution in [0.2, 0.25) is 0 Å². The standard InChI is InChI=1S/C21H34FN5O/c1-6-24-19(28)21(3,4)14-25-20(23-5)26-17-8-7-11-27(13-17)18-10-9-16(22)12-15(18)2/h9-10,12,17H,6-8,11,13-14H2,1-5H3,(H,24,28)(H2,23,25,26). The minimum Gasteiger partial charge on any atom is -0.369 e. The summed E-state index contributed by atoms with van der Waals surface area (Å²) in [6.07, 6.45) is 2.09. The fourth-order valence-electron chi connectivity index (χ4n) is 3.46. The molecule has 7 heteroatoms. The number of amides is 1. The summed E-state index contributed by atoms with van der Waals surface area (Å²) >= 11 is 0. The van der Waals surface area contributed by atoms with Crippen LogP contribution in [0.3, 0.4) is 0 Å². The third kappa shape index (κ3) is 5.84. The van der Waals surface area contributed by atoms with Gasteiger partial charge >= 0.3 is 0 Å². The average Bonchev–Trinajstić information content (AvgIpc) is 2.65. The smallest absolute Gasteiger partial charge is 0.227 e. The fourth-order valence-corrected chi connectivity index (χ4v) is 3.46. The first kappa shape index (κ1) is 22.0. The molecule has 1 aromatic carbocycles. The van der Waals surface area contributed by atoms with Crippen molar-refractivity contribution in [3.05, 3.63) is 29.6 Å². The lowest BCUT2D eigenvalue weighted by molar-refractivity contribution is -0.128. The Morgan fingerprint density at radius 1 is 1.36 bits per heavy atom. The van der Waals surface area contributed by atoms with E-state index in [0.29, 0.717) is 19.0 Å². The second-order valence-electron chi connectivity index (χ2n) is 8.03. The molecule has 6 nitrogen and oxygen atoms in total. The topological polar surface area (TPSA) is 68.8 Å². The highest BCUT2D eigenvalue weighted by Crippen LogP contribution is 2.24. The van der Waals surface area contributed by atoms with Crippen LogP contribution in [-0.2, 0) is 4.79 Å². The molecule has 28 heavy (non-hydrogen) atoms. The maximum absolute atomic E-state index is 13.4. The maximum atomic E-state index is 13.4. The van der Waals surface area contributed by atoms with Crippen molar-refractivity contribution in [1.82, 2.24) is 16.0 Å². The zero-order chi connectivity index (χ0) is 20.7. The summed E-state index contributed by atoms with van der Waals surface area (Å²) in [5.41, 5.74) is 1.50. The van der Waals surface area contributed by atoms with E-state index < -0.39 is 5.41 Å². The predicted octanol–water partition coefficient (Wildman–Crippen LogP) is 2.43. The van der Waals surface area contributed by atoms with Crippen LogP contribution in [0.4, 0.5) is 10.1 Å². The van der Waals surface area contributed by atoms with Crippen LogP contribution in [0.15, 0.2) is 23.2 Å². The van der Waals surface area contributed by atoms with Gasteiger partial charge in [0.15, 0.2) is 5.96 Å². The second-order valence-corrected chi connectivity index (χ2v) is 8.03. The maximum Gasteiger partial charge on any atom is 0.227 e. The molecule has 1 fully saturated rings. The molecule has 0 aromatic heterocycles. The van der Waals surface area contributed by atoms with Crippen LogP contribution in [-0.4, -0.2) is 51.1 Å². The molecule has 1 saturated heterocycles. The van der Waals surface area contributed by atoms with Gasteiger partial charge in [0.1, 0.15) is 5.82 Å². The van der Waals surface area contributed by atoms with Gasteiger partial charge in [0.25, 0.3) is 0 Å². The van der Waals surface area contributed by atoms with Gasteiger partial charge < -0.3 is 20.9 Å². The molecule has 0 saturated carbocycles. The highest BCUT2D eigenvalue weighted by atomic mass is 19.1. The lowest BCUT2D eigenvalue weighted by atomic mass is 9.92. The van der Waals surface area contributed by atoms with Crippen molar-refractivity contribution in [2.45, 2.75) is 46.6 Å². The molecule has 1 aromatic rings. The molecular formula is C21H34FN5O. The molecule has 1 heterocycles. The average molecular weight is 392 g/mol. The van der Waals surface area contributed by atoms with Gasteiger partial charge in [-0.05, 0) is 64.3 Å². The SMILES string of the molecule is CCNC(=O)C(C)(C)CNC(=NC)NC1CCCN(c2ccc(F)cc2C)C1. The summed E-state index contributed by atoms with van der Waals surface area (Å²) in [5, 5.41) is 9.62. The molecule has 1 amide bonds. The van der Waals surface area contributed by atoms with E-state index >= 15 is 0 Å². The van der Waals surface area contributed by atoms with Gasteiger partial charge in [0.05, 0.1) is 5.41 Å². The van der Waals surface area contributed by atoms with E-state index in [9.17, 15) is 9.18 Å². The third-order valence-corrected chi connectivity index (χ3v) is 5.14. The molecule has 1 atom stereocenters. The summed E-state index contributed by atoms with van der Waals surface area (Å²) in [4.78, 5) is 18.8. The van der Waals surface area contributed by atoms with Crippen molar-refractivity contribution < 1.29 is 9.18 Å². The zero-order valence-corrected chi connectivity index (χ0v) is 17.7. The van der Waals surface area contributed by atoms with E-state index in [1.54, 1.807) is 13.1 Å². The monoisotopic (exact) mass is 391 g/mol. The minimum absolute atomic E-state index is 0.0218. The second kappa shape index (κ2) is 9.75. The Balaban J connectivity index is 1.94. The molecule has 1 aliphatic heterocycles. The number of carbonyl (C=O) groups is 1. The van der Waals surface area contributed by atoms with E-state index in [-0.39, 0.29) is 17.8 Å². The quantitative estimate of drug-likeness (QED) is 0.515. The molecule has 0 radical (unpaired) electrons. The van der Waals surface area contributed by atoms with Crippen molar-refractivity contribution in [1.29, 1.82) is 0 Å². The zero-order valence-electron chi connectivity index (χ0n) is 17.7. The van der Waals surface area contributed by atoms with Crippen LogP contribution in [0.1, 0.15) is 39.2 Å². The number of rotatable bonds is 6. The summed E-state index contributed by atoms with van der Waals surface area (Å²) in [5.74, 6) is 0.515. The molecular weight excluding hydrogens is 357 g/mol. The molecule has 156 valence electrons. The molecule has 2 rings (SSSR count). The fraction of sp³-hybridized carbons (Fsp3) is 0.619. The Hall–Kier alpha value is -2.31. The third-order valence-electron chi connectivity index (χ3n) is 5.14. The Morgan fingerprint density at radius 3 is 2.75 bits per heavy atom. The molecule has 0 bridgehead atoms. The normalized spacial score (nSPS) is 18.0. The van der Waals surface area contributed by atoms with Crippen LogP contribution in [0, 0.1) is 18.2 Å². The molecule has 0 spiro atoms. The predicted molar refractivity (Wildman–Crippen MR) is 113 cm³/mol. The van der Waals surface area contributed by atoms with Crippen LogP contribution >= 0.6 is 0 Å². The Morgan fingerprint density at radius 2 is 2.11 bits per heavy atom. The lowest BCUT2D eigenvalue weighted by Crippen LogP contribution is -2.53. The number of carbonyl (C=O) groups excluding carboxylic acids is 1. The number of nitrogens with one attached hydrogen (secondary N) is 3. The summed E-state index contributed by atoms with van der Waals surface area (Å²) in [6, 6.07) is 5.19. The number of hydrogen-bond donors (Lipinski definition) is 3. The largest absolute Gasteiger partial charge is 0.369 e. The minimum atomic E-state index is -0.530. The summed E-state index contributed by atoms with van der Waals surface area (Å²) in [6.45, 7) is 10.6. The number of hydrogen-bond acceptors (Lipinski definition) is 3. The number of aryl methyl sites for hydroxylation is 1. The van der Waals surface area contributed by atoms with Crippen LogP contribution in [0.25, 0.3) is 0 Å².